The van der Waals surface area contributed by atoms with Crippen LogP contribution in [0.1, 0.15) is 18.9 Å². The van der Waals surface area contributed by atoms with Crippen LogP contribution < -0.4 is 4.90 Å². The summed E-state index contributed by atoms with van der Waals surface area (Å²) in [7, 11) is 0. The quantitative estimate of drug-likeness (QED) is 0.632. The molecule has 7 heteroatoms. The zero-order valence-corrected chi connectivity index (χ0v) is 13.1. The molecule has 0 aliphatic carbocycles. The summed E-state index contributed by atoms with van der Waals surface area (Å²) in [6, 6.07) is 6.66. The summed E-state index contributed by atoms with van der Waals surface area (Å²) in [6.45, 7) is 1.26. The second-order valence-electron chi connectivity index (χ2n) is 4.96. The molecule has 0 spiro atoms. The second kappa shape index (κ2) is 8.43. The number of carboxylic acids is 2. The molecule has 0 heterocycles. The zero-order chi connectivity index (χ0) is 16.7. The van der Waals surface area contributed by atoms with E-state index < -0.39 is 24.4 Å². The molecule has 0 aliphatic rings. The van der Waals surface area contributed by atoms with Crippen molar-refractivity contribution < 1.29 is 24.6 Å². The van der Waals surface area contributed by atoms with Crippen LogP contribution in [0.4, 0.5) is 5.69 Å². The number of carboxylic acid groups (broad SMARTS) is 2. The van der Waals surface area contributed by atoms with E-state index in [-0.39, 0.29) is 12.3 Å². The fourth-order valence-corrected chi connectivity index (χ4v) is 2.03. The maximum Gasteiger partial charge on any atom is 0.323 e. The minimum atomic E-state index is -1.10. The molecule has 1 aromatic carbocycles. The highest BCUT2D eigenvalue weighted by Crippen LogP contribution is 2.19. The summed E-state index contributed by atoms with van der Waals surface area (Å²) in [5.74, 6) is -2.36. The van der Waals surface area contributed by atoms with E-state index in [1.54, 1.807) is 31.2 Å². The van der Waals surface area contributed by atoms with Gasteiger partial charge in [0.1, 0.15) is 6.54 Å². The second-order valence-corrected chi connectivity index (χ2v) is 5.33. The number of hydrogen-bond donors (Lipinski definition) is 3. The highest BCUT2D eigenvalue weighted by Gasteiger charge is 2.23. The number of hydrogen-bond acceptors (Lipinski definition) is 4. The Kier molecular flexibility index (Phi) is 6.91. The molecule has 2 N–H and O–H groups in total. The van der Waals surface area contributed by atoms with Gasteiger partial charge in [0.25, 0.3) is 0 Å². The highest BCUT2D eigenvalue weighted by atomic mass is 32.1. The average molecular weight is 325 g/mol. The van der Waals surface area contributed by atoms with Crippen molar-refractivity contribution in [3.8, 4) is 0 Å². The Balaban J connectivity index is 2.92. The summed E-state index contributed by atoms with van der Waals surface area (Å²) in [6.07, 6.45) is 0.406. The molecule has 0 saturated heterocycles. The van der Waals surface area contributed by atoms with Crippen LogP contribution in [0.2, 0.25) is 0 Å². The summed E-state index contributed by atoms with van der Waals surface area (Å²) in [5, 5.41) is 17.6. The zero-order valence-electron chi connectivity index (χ0n) is 12.2. The van der Waals surface area contributed by atoms with Crippen molar-refractivity contribution in [1.29, 1.82) is 0 Å². The number of aliphatic carboxylic acids is 2. The van der Waals surface area contributed by atoms with Crippen LogP contribution in [-0.2, 0) is 20.8 Å². The molecule has 0 aliphatic heterocycles. The molecular weight excluding hydrogens is 306 g/mol. The van der Waals surface area contributed by atoms with E-state index in [1.807, 2.05) is 0 Å². The first-order chi connectivity index (χ1) is 10.3. The van der Waals surface area contributed by atoms with E-state index in [9.17, 15) is 14.4 Å². The monoisotopic (exact) mass is 325 g/mol. The normalized spacial score (nSPS) is 11.7. The smallest absolute Gasteiger partial charge is 0.323 e. The Morgan fingerprint density at radius 1 is 1.14 bits per heavy atom. The standard InChI is InChI=1S/C15H19NO5S/c1-10(9-22)15(21)16(8-14(19)20)12-5-2-11(3-6-12)4-7-13(17)18/h2-3,5-6,10,22H,4,7-9H2,1H3,(H,17,18)(H,19,20). The van der Waals surface area contributed by atoms with Gasteiger partial charge in [-0.15, -0.1) is 0 Å². The first-order valence-electron chi connectivity index (χ1n) is 6.80. The van der Waals surface area contributed by atoms with Crippen molar-refractivity contribution in [2.75, 3.05) is 17.2 Å². The molecule has 22 heavy (non-hydrogen) atoms. The van der Waals surface area contributed by atoms with Gasteiger partial charge in [0.05, 0.1) is 0 Å². The SMILES string of the molecule is CC(CS)C(=O)N(CC(=O)O)c1ccc(CCC(=O)O)cc1. The van der Waals surface area contributed by atoms with Gasteiger partial charge in [0, 0.05) is 23.8 Å². The van der Waals surface area contributed by atoms with E-state index >= 15 is 0 Å². The van der Waals surface area contributed by atoms with Gasteiger partial charge in [-0.25, -0.2) is 0 Å². The van der Waals surface area contributed by atoms with Gasteiger partial charge in [0.15, 0.2) is 0 Å². The van der Waals surface area contributed by atoms with Gasteiger partial charge in [0.2, 0.25) is 5.91 Å². The third kappa shape index (κ3) is 5.40. The molecule has 120 valence electrons. The third-order valence-corrected chi connectivity index (χ3v) is 3.68. The number of anilines is 1. The molecular formula is C15H19NO5S. The molecule has 0 fully saturated rings. The van der Waals surface area contributed by atoms with Gasteiger partial charge in [-0.3, -0.25) is 14.4 Å². The third-order valence-electron chi connectivity index (χ3n) is 3.13. The van der Waals surface area contributed by atoms with E-state index in [4.69, 9.17) is 10.2 Å². The molecule has 0 saturated carbocycles. The minimum absolute atomic E-state index is 0.0216. The van der Waals surface area contributed by atoms with Crippen molar-refractivity contribution in [1.82, 2.24) is 0 Å². The lowest BCUT2D eigenvalue weighted by atomic mass is 10.1. The fraction of sp³-hybridized carbons (Fsp3) is 0.400. The minimum Gasteiger partial charge on any atom is -0.481 e. The van der Waals surface area contributed by atoms with Crippen molar-refractivity contribution in [3.63, 3.8) is 0 Å². The van der Waals surface area contributed by atoms with Gasteiger partial charge >= 0.3 is 11.9 Å². The van der Waals surface area contributed by atoms with Crippen molar-refractivity contribution in [2.45, 2.75) is 19.8 Å². The number of thiol groups is 1. The number of carbonyl (C=O) groups excluding carboxylic acids is 1. The number of amides is 1. The highest BCUT2D eigenvalue weighted by molar-refractivity contribution is 7.80. The number of aryl methyl sites for hydroxylation is 1. The van der Waals surface area contributed by atoms with Gasteiger partial charge in [-0.2, -0.15) is 12.6 Å². The number of benzene rings is 1. The molecule has 1 aromatic rings. The lowest BCUT2D eigenvalue weighted by Crippen LogP contribution is -2.39. The maximum atomic E-state index is 12.2. The van der Waals surface area contributed by atoms with E-state index in [2.05, 4.69) is 12.6 Å². The van der Waals surface area contributed by atoms with Crippen molar-refractivity contribution in [3.05, 3.63) is 29.8 Å². The van der Waals surface area contributed by atoms with E-state index in [0.717, 1.165) is 5.56 Å². The van der Waals surface area contributed by atoms with Crippen LogP contribution in [0.15, 0.2) is 24.3 Å². The first-order valence-corrected chi connectivity index (χ1v) is 7.43. The molecule has 0 aromatic heterocycles. The molecule has 1 amide bonds. The average Bonchev–Trinajstić information content (AvgIpc) is 2.49. The summed E-state index contributed by atoms with van der Waals surface area (Å²) < 4.78 is 0. The Labute approximate surface area is 134 Å². The van der Waals surface area contributed by atoms with Gasteiger partial charge in [-0.05, 0) is 24.1 Å². The topological polar surface area (TPSA) is 94.9 Å². The molecule has 0 bridgehead atoms. The fourth-order valence-electron chi connectivity index (χ4n) is 1.87. The lowest BCUT2D eigenvalue weighted by molar-refractivity contribution is -0.137. The molecule has 0 radical (unpaired) electrons. The Hall–Kier alpha value is -2.02. The van der Waals surface area contributed by atoms with Crippen molar-refractivity contribution >= 4 is 36.2 Å². The van der Waals surface area contributed by atoms with E-state index in [0.29, 0.717) is 17.9 Å². The predicted molar refractivity (Wildman–Crippen MR) is 85.4 cm³/mol. The Morgan fingerprint density at radius 3 is 2.18 bits per heavy atom. The van der Waals surface area contributed by atoms with Crippen LogP contribution in [0.3, 0.4) is 0 Å². The van der Waals surface area contributed by atoms with Gasteiger partial charge in [-0.1, -0.05) is 19.1 Å². The molecule has 1 rings (SSSR count). The summed E-state index contributed by atoms with van der Waals surface area (Å²) in [5.41, 5.74) is 1.29. The van der Waals surface area contributed by atoms with Crippen molar-refractivity contribution in [2.24, 2.45) is 5.92 Å². The number of carbonyl (C=O) groups is 3. The molecule has 1 atom stereocenters. The van der Waals surface area contributed by atoms with Crippen LogP contribution in [0.25, 0.3) is 0 Å². The first kappa shape index (κ1) is 18.0. The molecule has 1 unspecified atom stereocenters. The van der Waals surface area contributed by atoms with Crippen LogP contribution in [0, 0.1) is 5.92 Å². The van der Waals surface area contributed by atoms with Crippen LogP contribution in [0.5, 0.6) is 0 Å². The Morgan fingerprint density at radius 2 is 1.73 bits per heavy atom. The summed E-state index contributed by atoms with van der Waals surface area (Å²) in [4.78, 5) is 35.0. The number of nitrogens with zero attached hydrogens (tertiary/aromatic N) is 1. The van der Waals surface area contributed by atoms with Crippen LogP contribution in [-0.4, -0.2) is 40.4 Å². The molecule has 6 nitrogen and oxygen atoms in total. The predicted octanol–water partition coefficient (Wildman–Crippen LogP) is 1.69. The van der Waals surface area contributed by atoms with Gasteiger partial charge < -0.3 is 15.1 Å². The van der Waals surface area contributed by atoms with E-state index in [1.165, 1.54) is 4.90 Å². The maximum absolute atomic E-state index is 12.2. The summed E-state index contributed by atoms with van der Waals surface area (Å²) >= 11 is 4.07. The number of rotatable bonds is 8. The lowest BCUT2D eigenvalue weighted by Gasteiger charge is -2.24. The largest absolute Gasteiger partial charge is 0.481 e. The Bertz CT molecular complexity index is 543. The van der Waals surface area contributed by atoms with Crippen LogP contribution >= 0.6 is 12.6 Å².